The number of rotatable bonds is 5. The molecule has 0 bridgehead atoms. The van der Waals surface area contributed by atoms with Gasteiger partial charge in [-0.15, -0.1) is 0 Å². The second-order valence-corrected chi connectivity index (χ2v) is 7.20. The number of nitrogens with one attached hydrogen (secondary N) is 1. The van der Waals surface area contributed by atoms with Crippen molar-refractivity contribution in [1.82, 2.24) is 20.1 Å². The lowest BCUT2D eigenvalue weighted by Gasteiger charge is -2.07. The van der Waals surface area contributed by atoms with Gasteiger partial charge in [-0.2, -0.15) is 5.10 Å². The molecule has 7 heteroatoms. The number of aromatic nitrogens is 3. The maximum Gasteiger partial charge on any atom is 0.251 e. The van der Waals surface area contributed by atoms with Crippen molar-refractivity contribution in [1.29, 1.82) is 0 Å². The van der Waals surface area contributed by atoms with E-state index in [1.807, 2.05) is 30.5 Å². The lowest BCUT2D eigenvalue weighted by molar-refractivity contribution is 0.0963. The van der Waals surface area contributed by atoms with Gasteiger partial charge in [-0.1, -0.05) is 11.6 Å². The molecule has 4 rings (SSSR count). The molecule has 0 aliphatic rings. The molecule has 2 aromatic heterocycles. The first-order valence-electron chi connectivity index (χ1n) is 9.29. The van der Waals surface area contributed by atoms with E-state index in [0.29, 0.717) is 17.1 Å². The third-order valence-corrected chi connectivity index (χ3v) is 4.85. The fraction of sp³-hybridized carbons (Fsp3) is 0.0870. The number of hydrogen-bond acceptors (Lipinski definition) is 3. The minimum absolute atomic E-state index is 0.190. The molecule has 0 aliphatic heterocycles. The lowest BCUT2D eigenvalue weighted by atomic mass is 10.1. The zero-order valence-corrected chi connectivity index (χ0v) is 16.9. The summed E-state index contributed by atoms with van der Waals surface area (Å²) >= 11 is 6.16. The Labute approximate surface area is 178 Å². The molecule has 0 saturated carbocycles. The van der Waals surface area contributed by atoms with Crippen LogP contribution in [0.25, 0.3) is 22.5 Å². The maximum atomic E-state index is 13.2. The minimum atomic E-state index is -0.283. The number of benzene rings is 2. The second kappa shape index (κ2) is 8.47. The molecule has 5 nitrogen and oxygen atoms in total. The quantitative estimate of drug-likeness (QED) is 0.504. The molecule has 4 aromatic rings. The average Bonchev–Trinajstić information content (AvgIpc) is 3.22. The smallest absolute Gasteiger partial charge is 0.251 e. The first kappa shape index (κ1) is 19.8. The van der Waals surface area contributed by atoms with Gasteiger partial charge in [-0.05, 0) is 66.2 Å². The Morgan fingerprint density at radius 1 is 1.03 bits per heavy atom. The van der Waals surface area contributed by atoms with Crippen LogP contribution in [0.2, 0.25) is 5.02 Å². The molecule has 0 atom stereocenters. The Morgan fingerprint density at radius 2 is 1.83 bits per heavy atom. The number of carbonyl (C=O) groups excluding carboxylic acids is 1. The van der Waals surface area contributed by atoms with Crippen LogP contribution in [-0.4, -0.2) is 27.7 Å². The molecule has 0 spiro atoms. The van der Waals surface area contributed by atoms with Crippen molar-refractivity contribution in [3.8, 4) is 22.5 Å². The van der Waals surface area contributed by atoms with E-state index in [1.54, 1.807) is 42.2 Å². The Morgan fingerprint density at radius 3 is 2.60 bits per heavy atom. The highest BCUT2D eigenvalue weighted by atomic mass is 35.5. The number of halogens is 2. The van der Waals surface area contributed by atoms with Crippen LogP contribution in [0, 0.1) is 5.82 Å². The fourth-order valence-electron chi connectivity index (χ4n) is 3.18. The summed E-state index contributed by atoms with van der Waals surface area (Å²) in [6, 6.07) is 17.2. The molecule has 0 unspecified atom stereocenters. The topological polar surface area (TPSA) is 59.8 Å². The molecule has 0 saturated heterocycles. The molecule has 30 heavy (non-hydrogen) atoms. The van der Waals surface area contributed by atoms with E-state index in [1.165, 1.54) is 12.1 Å². The molecule has 0 aliphatic carbocycles. The highest BCUT2D eigenvalue weighted by Crippen LogP contribution is 2.24. The van der Waals surface area contributed by atoms with Gasteiger partial charge in [0.25, 0.3) is 5.91 Å². The molecular formula is C23H18ClFN4O. The Bertz CT molecular complexity index is 1200. The zero-order chi connectivity index (χ0) is 21.1. The fourth-order valence-corrected chi connectivity index (χ4v) is 3.43. The number of carbonyl (C=O) groups is 1. The van der Waals surface area contributed by atoms with E-state index in [0.717, 1.165) is 28.1 Å². The highest BCUT2D eigenvalue weighted by molar-refractivity contribution is 6.31. The predicted molar refractivity (Wildman–Crippen MR) is 115 cm³/mol. The third kappa shape index (κ3) is 4.39. The molecule has 1 amide bonds. The lowest BCUT2D eigenvalue weighted by Crippen LogP contribution is -2.18. The third-order valence-electron chi connectivity index (χ3n) is 4.63. The van der Waals surface area contributed by atoms with Gasteiger partial charge in [-0.3, -0.25) is 14.5 Å². The summed E-state index contributed by atoms with van der Waals surface area (Å²) in [6.07, 6.45) is 3.58. The van der Waals surface area contributed by atoms with E-state index in [-0.39, 0.29) is 11.7 Å². The maximum absolute atomic E-state index is 13.2. The van der Waals surface area contributed by atoms with Gasteiger partial charge in [0, 0.05) is 41.2 Å². The molecular weight excluding hydrogens is 403 g/mol. The van der Waals surface area contributed by atoms with E-state index in [2.05, 4.69) is 15.4 Å². The van der Waals surface area contributed by atoms with E-state index in [4.69, 9.17) is 11.6 Å². The van der Waals surface area contributed by atoms with Crippen LogP contribution < -0.4 is 5.32 Å². The van der Waals surface area contributed by atoms with E-state index in [9.17, 15) is 9.18 Å². The van der Waals surface area contributed by atoms with Gasteiger partial charge < -0.3 is 5.32 Å². The Kier molecular flexibility index (Phi) is 5.59. The van der Waals surface area contributed by atoms with Gasteiger partial charge >= 0.3 is 0 Å². The summed E-state index contributed by atoms with van der Waals surface area (Å²) in [4.78, 5) is 16.3. The minimum Gasteiger partial charge on any atom is -0.355 e. The number of hydrogen-bond donors (Lipinski definition) is 1. The Balaban J connectivity index is 1.58. The van der Waals surface area contributed by atoms with Gasteiger partial charge in [-0.25, -0.2) is 4.39 Å². The molecule has 0 radical (unpaired) electrons. The van der Waals surface area contributed by atoms with Crippen molar-refractivity contribution in [3.63, 3.8) is 0 Å². The van der Waals surface area contributed by atoms with Crippen LogP contribution in [-0.2, 0) is 6.54 Å². The SMILES string of the molecule is CNC(=O)c1cc(Cl)cc(Cn2ccc(-c3ccnc(-c4ccc(F)cc4)c3)n2)c1. The first-order valence-corrected chi connectivity index (χ1v) is 9.67. The standard InChI is InChI=1S/C23H18ClFN4O/c1-26-23(30)18-10-15(11-19(24)12-18)14-29-9-7-21(28-29)17-6-8-27-22(13-17)16-2-4-20(25)5-3-16/h2-13H,14H2,1H3,(H,26,30). The van der Waals surface area contributed by atoms with Crippen LogP contribution in [0.3, 0.4) is 0 Å². The van der Waals surface area contributed by atoms with Gasteiger partial charge in [0.2, 0.25) is 0 Å². The van der Waals surface area contributed by atoms with Crippen molar-refractivity contribution >= 4 is 17.5 Å². The van der Waals surface area contributed by atoms with Crippen molar-refractivity contribution < 1.29 is 9.18 Å². The molecule has 2 heterocycles. The summed E-state index contributed by atoms with van der Waals surface area (Å²) in [6.45, 7) is 0.473. The molecule has 0 fully saturated rings. The first-order chi connectivity index (χ1) is 14.5. The zero-order valence-electron chi connectivity index (χ0n) is 16.1. The van der Waals surface area contributed by atoms with E-state index >= 15 is 0 Å². The van der Waals surface area contributed by atoms with E-state index < -0.39 is 0 Å². The monoisotopic (exact) mass is 420 g/mol. The number of amides is 1. The van der Waals surface area contributed by atoms with Crippen molar-refractivity contribution in [2.24, 2.45) is 0 Å². The van der Waals surface area contributed by atoms with Gasteiger partial charge in [0.1, 0.15) is 5.82 Å². The summed E-state index contributed by atoms with van der Waals surface area (Å²) in [7, 11) is 1.58. The largest absolute Gasteiger partial charge is 0.355 e. The Hall–Kier alpha value is -3.51. The average molecular weight is 421 g/mol. The number of nitrogens with zero attached hydrogens (tertiary/aromatic N) is 3. The van der Waals surface area contributed by atoms with Crippen LogP contribution in [0.5, 0.6) is 0 Å². The second-order valence-electron chi connectivity index (χ2n) is 6.76. The van der Waals surface area contributed by atoms with Crippen molar-refractivity contribution in [3.05, 3.63) is 95.0 Å². The van der Waals surface area contributed by atoms with Crippen molar-refractivity contribution in [2.45, 2.75) is 6.54 Å². The predicted octanol–water partition coefficient (Wildman–Crippen LogP) is 4.81. The van der Waals surface area contributed by atoms with Gasteiger partial charge in [0.15, 0.2) is 0 Å². The number of pyridine rings is 1. The van der Waals surface area contributed by atoms with Crippen LogP contribution in [0.15, 0.2) is 73.1 Å². The van der Waals surface area contributed by atoms with Crippen molar-refractivity contribution in [2.75, 3.05) is 7.05 Å². The highest BCUT2D eigenvalue weighted by Gasteiger charge is 2.09. The summed E-state index contributed by atoms with van der Waals surface area (Å²) in [5.41, 5.74) is 4.64. The summed E-state index contributed by atoms with van der Waals surface area (Å²) in [5, 5.41) is 7.73. The molecule has 1 N–H and O–H groups in total. The van der Waals surface area contributed by atoms with Crippen LogP contribution >= 0.6 is 11.6 Å². The molecule has 2 aromatic carbocycles. The summed E-state index contributed by atoms with van der Waals surface area (Å²) in [5.74, 6) is -0.473. The van der Waals surface area contributed by atoms with Crippen LogP contribution in [0.1, 0.15) is 15.9 Å². The summed E-state index contributed by atoms with van der Waals surface area (Å²) < 4.78 is 15.0. The normalized spacial score (nSPS) is 10.8. The van der Waals surface area contributed by atoms with Crippen LogP contribution in [0.4, 0.5) is 4.39 Å². The molecule has 150 valence electrons. The van der Waals surface area contributed by atoms with Gasteiger partial charge in [0.05, 0.1) is 17.9 Å².